The number of hydrogen-bond donors (Lipinski definition) is 1. The molecule has 0 unspecified atom stereocenters. The summed E-state index contributed by atoms with van der Waals surface area (Å²) in [5.74, 6) is -5.91. The van der Waals surface area contributed by atoms with Crippen LogP contribution in [0.5, 0.6) is 5.75 Å². The van der Waals surface area contributed by atoms with E-state index in [9.17, 15) is 17.6 Å². The summed E-state index contributed by atoms with van der Waals surface area (Å²) in [5, 5.41) is 8.77. The van der Waals surface area contributed by atoms with E-state index in [0.717, 1.165) is 0 Å². The molecule has 1 aromatic rings. The second-order valence-electron chi connectivity index (χ2n) is 2.22. The van der Waals surface area contributed by atoms with Gasteiger partial charge in [-0.1, -0.05) is 0 Å². The van der Waals surface area contributed by atoms with Gasteiger partial charge in [-0.3, -0.25) is 0 Å². The monoisotopic (exact) mass is 258 g/mol. The van der Waals surface area contributed by atoms with Crippen molar-refractivity contribution in [3.63, 3.8) is 0 Å². The van der Waals surface area contributed by atoms with Crippen molar-refractivity contribution in [2.45, 2.75) is 6.67 Å². The number of phenolic OH excluding ortho intramolecular Hbond substituents is 1. The number of hydrogen-bond acceptors (Lipinski definition) is 1. The molecule has 0 heterocycles. The fraction of sp³-hybridized carbons (Fsp3) is 0.143. The van der Waals surface area contributed by atoms with Crippen LogP contribution in [0.4, 0.5) is 17.6 Å². The third-order valence-corrected chi connectivity index (χ3v) is 2.17. The number of phenols is 1. The molecule has 0 saturated carbocycles. The molecule has 0 radical (unpaired) electrons. The molecule has 1 N–H and O–H groups in total. The molecule has 0 fully saturated rings. The van der Waals surface area contributed by atoms with Gasteiger partial charge in [0.25, 0.3) is 0 Å². The van der Waals surface area contributed by atoms with Crippen LogP contribution in [-0.2, 0) is 6.67 Å². The van der Waals surface area contributed by atoms with Gasteiger partial charge < -0.3 is 5.11 Å². The summed E-state index contributed by atoms with van der Waals surface area (Å²) in [6.45, 7) is -1.41. The highest BCUT2D eigenvalue weighted by molar-refractivity contribution is 9.10. The second kappa shape index (κ2) is 3.53. The second-order valence-corrected chi connectivity index (χ2v) is 3.01. The van der Waals surface area contributed by atoms with E-state index in [1.165, 1.54) is 0 Å². The highest BCUT2D eigenvalue weighted by Gasteiger charge is 2.22. The molecule has 1 rings (SSSR count). The van der Waals surface area contributed by atoms with Crippen LogP contribution in [0.15, 0.2) is 4.47 Å². The maximum absolute atomic E-state index is 12.9. The summed E-state index contributed by atoms with van der Waals surface area (Å²) in [4.78, 5) is 0. The van der Waals surface area contributed by atoms with Gasteiger partial charge in [0, 0.05) is 0 Å². The summed E-state index contributed by atoms with van der Waals surface area (Å²) in [6, 6.07) is 0. The van der Waals surface area contributed by atoms with E-state index >= 15 is 0 Å². The summed E-state index contributed by atoms with van der Waals surface area (Å²) in [5.41, 5.74) is -0.897. The average Bonchev–Trinajstić information content (AvgIpc) is 2.13. The van der Waals surface area contributed by atoms with E-state index in [0.29, 0.717) is 0 Å². The minimum Gasteiger partial charge on any atom is -0.504 e. The van der Waals surface area contributed by atoms with Crippen molar-refractivity contribution in [2.24, 2.45) is 0 Å². The van der Waals surface area contributed by atoms with Gasteiger partial charge in [0.2, 0.25) is 5.82 Å². The minimum absolute atomic E-state index is 0.824. The molecule has 0 atom stereocenters. The lowest BCUT2D eigenvalue weighted by Crippen LogP contribution is -1.97. The summed E-state index contributed by atoms with van der Waals surface area (Å²) < 4.78 is 49.3. The van der Waals surface area contributed by atoms with Crippen LogP contribution in [0.2, 0.25) is 0 Å². The molecule has 0 spiro atoms. The number of rotatable bonds is 1. The lowest BCUT2D eigenvalue weighted by Gasteiger charge is -2.06. The lowest BCUT2D eigenvalue weighted by atomic mass is 10.2. The topological polar surface area (TPSA) is 20.2 Å². The number of benzene rings is 1. The van der Waals surface area contributed by atoms with E-state index in [4.69, 9.17) is 5.11 Å². The van der Waals surface area contributed by atoms with Gasteiger partial charge in [-0.25, -0.2) is 13.2 Å². The smallest absolute Gasteiger partial charge is 0.202 e. The molecule has 13 heavy (non-hydrogen) atoms. The molecular weight excluding hydrogens is 256 g/mol. The number of halogens is 5. The van der Waals surface area contributed by atoms with Crippen molar-refractivity contribution < 1.29 is 22.7 Å². The third-order valence-electron chi connectivity index (χ3n) is 1.47. The van der Waals surface area contributed by atoms with Crippen LogP contribution in [0.1, 0.15) is 5.56 Å². The zero-order valence-corrected chi connectivity index (χ0v) is 7.63. The van der Waals surface area contributed by atoms with E-state index < -0.39 is 39.9 Å². The molecule has 0 saturated heterocycles. The molecule has 1 aromatic carbocycles. The Hall–Kier alpha value is -0.780. The molecule has 0 aromatic heterocycles. The van der Waals surface area contributed by atoms with Crippen molar-refractivity contribution >= 4 is 15.9 Å². The largest absolute Gasteiger partial charge is 0.504 e. The van der Waals surface area contributed by atoms with Gasteiger partial charge >= 0.3 is 0 Å². The van der Waals surface area contributed by atoms with Crippen molar-refractivity contribution in [3.05, 3.63) is 27.5 Å². The number of alkyl halides is 1. The van der Waals surface area contributed by atoms with Crippen LogP contribution in [0, 0.1) is 17.5 Å². The first kappa shape index (κ1) is 10.3. The fourth-order valence-electron chi connectivity index (χ4n) is 0.788. The Bertz CT molecular complexity index is 324. The Morgan fingerprint density at radius 1 is 1.08 bits per heavy atom. The predicted molar refractivity (Wildman–Crippen MR) is 40.5 cm³/mol. The van der Waals surface area contributed by atoms with Crippen LogP contribution in [-0.4, -0.2) is 5.11 Å². The Balaban J connectivity index is 3.56. The molecule has 0 aliphatic heterocycles. The van der Waals surface area contributed by atoms with E-state index in [1.54, 1.807) is 0 Å². The highest BCUT2D eigenvalue weighted by Crippen LogP contribution is 2.33. The Labute approximate surface area is 79.1 Å². The van der Waals surface area contributed by atoms with Gasteiger partial charge in [-0.05, 0) is 15.9 Å². The first-order valence-corrected chi connectivity index (χ1v) is 3.89. The van der Waals surface area contributed by atoms with Crippen LogP contribution < -0.4 is 0 Å². The van der Waals surface area contributed by atoms with Crippen LogP contribution >= 0.6 is 15.9 Å². The van der Waals surface area contributed by atoms with E-state index in [2.05, 4.69) is 15.9 Å². The maximum atomic E-state index is 12.9. The van der Waals surface area contributed by atoms with E-state index in [-0.39, 0.29) is 0 Å². The minimum atomic E-state index is -1.67. The van der Waals surface area contributed by atoms with Gasteiger partial charge in [-0.15, -0.1) is 0 Å². The summed E-state index contributed by atoms with van der Waals surface area (Å²) in [6.07, 6.45) is 0. The molecule has 0 bridgehead atoms. The number of aromatic hydroxyl groups is 1. The highest BCUT2D eigenvalue weighted by atomic mass is 79.9. The van der Waals surface area contributed by atoms with Crippen molar-refractivity contribution in [1.82, 2.24) is 0 Å². The standard InChI is InChI=1S/C7H3BrF4O/c8-3-4(10)2(1-9)7(13)6(12)5(3)11/h13H,1H2. The molecule has 0 aliphatic carbocycles. The van der Waals surface area contributed by atoms with Crippen molar-refractivity contribution in [1.29, 1.82) is 0 Å². The van der Waals surface area contributed by atoms with Crippen LogP contribution in [0.25, 0.3) is 0 Å². The molecule has 1 nitrogen and oxygen atoms in total. The molecule has 6 heteroatoms. The first-order chi connectivity index (χ1) is 6.00. The Kier molecular flexibility index (Phi) is 2.80. The normalized spacial score (nSPS) is 10.5. The van der Waals surface area contributed by atoms with Crippen molar-refractivity contribution in [2.75, 3.05) is 0 Å². The quantitative estimate of drug-likeness (QED) is 0.467. The van der Waals surface area contributed by atoms with Crippen molar-refractivity contribution in [3.8, 4) is 5.75 Å². The summed E-state index contributed by atoms with van der Waals surface area (Å²) >= 11 is 2.39. The predicted octanol–water partition coefficient (Wildman–Crippen LogP) is 3.04. The molecule has 72 valence electrons. The average molecular weight is 259 g/mol. The van der Waals surface area contributed by atoms with Gasteiger partial charge in [0.15, 0.2) is 11.6 Å². The fourth-order valence-corrected chi connectivity index (χ4v) is 1.20. The SMILES string of the molecule is Oc1c(F)c(F)c(Br)c(F)c1CF. The Morgan fingerprint density at radius 3 is 2.08 bits per heavy atom. The third kappa shape index (κ3) is 1.50. The summed E-state index contributed by atoms with van der Waals surface area (Å²) in [7, 11) is 0. The molecule has 0 amide bonds. The zero-order chi connectivity index (χ0) is 10.2. The van der Waals surface area contributed by atoms with Gasteiger partial charge in [-0.2, -0.15) is 4.39 Å². The molecular formula is C7H3BrF4O. The molecule has 0 aliphatic rings. The van der Waals surface area contributed by atoms with Gasteiger partial charge in [0.1, 0.15) is 12.5 Å². The first-order valence-electron chi connectivity index (χ1n) is 3.10. The van der Waals surface area contributed by atoms with Crippen LogP contribution in [0.3, 0.4) is 0 Å². The van der Waals surface area contributed by atoms with E-state index in [1.807, 2.05) is 0 Å². The van der Waals surface area contributed by atoms with Gasteiger partial charge in [0.05, 0.1) is 10.0 Å². The Morgan fingerprint density at radius 2 is 1.62 bits per heavy atom. The maximum Gasteiger partial charge on any atom is 0.202 e. The lowest BCUT2D eigenvalue weighted by molar-refractivity contribution is 0.369. The zero-order valence-electron chi connectivity index (χ0n) is 6.04.